The van der Waals surface area contributed by atoms with E-state index < -0.39 is 23.7 Å². The number of rotatable bonds is 6. The quantitative estimate of drug-likeness (QED) is 0.223. The van der Waals surface area contributed by atoms with Gasteiger partial charge in [-0.15, -0.1) is 0 Å². The van der Waals surface area contributed by atoms with Crippen molar-refractivity contribution in [3.8, 4) is 5.75 Å². The number of ketones is 1. The van der Waals surface area contributed by atoms with E-state index in [1.54, 1.807) is 68.4 Å². The number of hydrogen-bond acceptors (Lipinski definition) is 6. The summed E-state index contributed by atoms with van der Waals surface area (Å²) in [6.07, 6.45) is -0.272. The second-order valence-electron chi connectivity index (χ2n) is 8.78. The SMILES string of the molecule is COc1ccccc1/C(O)=C1\C(=O)C(=O)N(c2ccc(C(=O)OC(C)C)cc2)C1c1cccc(C)c1. The predicted molar refractivity (Wildman–Crippen MR) is 136 cm³/mol. The Bertz CT molecular complexity index is 1360. The smallest absolute Gasteiger partial charge is 0.338 e. The molecule has 36 heavy (non-hydrogen) atoms. The fourth-order valence-electron chi connectivity index (χ4n) is 4.28. The van der Waals surface area contributed by atoms with Crippen LogP contribution in [-0.2, 0) is 14.3 Å². The molecule has 1 aliphatic heterocycles. The molecule has 184 valence electrons. The van der Waals surface area contributed by atoms with E-state index >= 15 is 0 Å². The first-order valence-corrected chi connectivity index (χ1v) is 11.5. The maximum absolute atomic E-state index is 13.3. The number of para-hydroxylation sites is 1. The number of nitrogens with zero attached hydrogens (tertiary/aromatic N) is 1. The van der Waals surface area contributed by atoms with Gasteiger partial charge in [0, 0.05) is 5.69 Å². The average Bonchev–Trinajstić information content (AvgIpc) is 3.13. The van der Waals surface area contributed by atoms with Crippen molar-refractivity contribution in [3.63, 3.8) is 0 Å². The summed E-state index contributed by atoms with van der Waals surface area (Å²) in [4.78, 5) is 40.3. The maximum atomic E-state index is 13.3. The molecular formula is C29H27NO6. The number of aryl methyl sites for hydroxylation is 1. The Morgan fingerprint density at radius 2 is 1.67 bits per heavy atom. The number of aliphatic hydroxyl groups is 1. The van der Waals surface area contributed by atoms with Gasteiger partial charge in [0.2, 0.25) is 0 Å². The summed E-state index contributed by atoms with van der Waals surface area (Å²) in [6, 6.07) is 19.6. The number of ether oxygens (including phenoxy) is 2. The van der Waals surface area contributed by atoms with Gasteiger partial charge in [-0.2, -0.15) is 0 Å². The second kappa shape index (κ2) is 10.1. The molecule has 0 radical (unpaired) electrons. The Labute approximate surface area is 209 Å². The molecule has 0 aliphatic carbocycles. The number of carbonyl (C=O) groups is 3. The van der Waals surface area contributed by atoms with Crippen molar-refractivity contribution < 1.29 is 29.0 Å². The van der Waals surface area contributed by atoms with Crippen LogP contribution in [0, 0.1) is 6.92 Å². The minimum absolute atomic E-state index is 0.0432. The molecule has 1 heterocycles. The zero-order valence-corrected chi connectivity index (χ0v) is 20.5. The van der Waals surface area contributed by atoms with Gasteiger partial charge in [0.1, 0.15) is 11.5 Å². The fourth-order valence-corrected chi connectivity index (χ4v) is 4.28. The monoisotopic (exact) mass is 485 g/mol. The van der Waals surface area contributed by atoms with E-state index in [1.807, 2.05) is 25.1 Å². The Balaban J connectivity index is 1.87. The minimum Gasteiger partial charge on any atom is -0.507 e. The van der Waals surface area contributed by atoms with Crippen molar-refractivity contribution in [2.24, 2.45) is 0 Å². The predicted octanol–water partition coefficient (Wildman–Crippen LogP) is 5.20. The number of methoxy groups -OCH3 is 1. The minimum atomic E-state index is -0.886. The van der Waals surface area contributed by atoms with Crippen LogP contribution in [0.4, 0.5) is 5.69 Å². The van der Waals surface area contributed by atoms with Crippen molar-refractivity contribution in [1.29, 1.82) is 0 Å². The van der Waals surface area contributed by atoms with Crippen LogP contribution in [0.25, 0.3) is 5.76 Å². The molecule has 0 saturated carbocycles. The van der Waals surface area contributed by atoms with Crippen LogP contribution in [0.5, 0.6) is 5.75 Å². The second-order valence-corrected chi connectivity index (χ2v) is 8.78. The lowest BCUT2D eigenvalue weighted by Gasteiger charge is -2.26. The van der Waals surface area contributed by atoms with Gasteiger partial charge >= 0.3 is 5.97 Å². The number of carbonyl (C=O) groups excluding carboxylic acids is 3. The normalized spacial score (nSPS) is 16.9. The number of aliphatic hydroxyl groups excluding tert-OH is 1. The van der Waals surface area contributed by atoms with E-state index in [4.69, 9.17) is 9.47 Å². The van der Waals surface area contributed by atoms with Crippen molar-refractivity contribution >= 4 is 29.1 Å². The van der Waals surface area contributed by atoms with Gasteiger partial charge in [0.05, 0.1) is 36.0 Å². The maximum Gasteiger partial charge on any atom is 0.338 e. The Kier molecular flexibility index (Phi) is 6.92. The van der Waals surface area contributed by atoms with Crippen molar-refractivity contribution in [3.05, 3.63) is 101 Å². The molecule has 3 aromatic rings. The first-order chi connectivity index (χ1) is 17.2. The third kappa shape index (κ3) is 4.60. The molecule has 0 spiro atoms. The summed E-state index contributed by atoms with van der Waals surface area (Å²) < 4.78 is 10.6. The van der Waals surface area contributed by atoms with E-state index in [1.165, 1.54) is 12.0 Å². The third-order valence-electron chi connectivity index (χ3n) is 5.89. The molecule has 7 heteroatoms. The van der Waals surface area contributed by atoms with Gasteiger partial charge in [0.15, 0.2) is 0 Å². The molecule has 0 aromatic heterocycles. The van der Waals surface area contributed by atoms with Gasteiger partial charge < -0.3 is 14.6 Å². The molecule has 0 bridgehead atoms. The number of Topliss-reactive ketones (excluding diaryl/α,β-unsaturated/α-hetero) is 1. The molecule has 1 saturated heterocycles. The van der Waals surface area contributed by atoms with Crippen LogP contribution in [0.3, 0.4) is 0 Å². The molecule has 1 unspecified atom stereocenters. The lowest BCUT2D eigenvalue weighted by Crippen LogP contribution is -2.29. The van der Waals surface area contributed by atoms with Crippen LogP contribution in [0.2, 0.25) is 0 Å². The first kappa shape index (κ1) is 24.7. The van der Waals surface area contributed by atoms with Crippen LogP contribution < -0.4 is 9.64 Å². The Hall–Kier alpha value is -4.39. The summed E-state index contributed by atoms with van der Waals surface area (Å²) in [7, 11) is 1.47. The van der Waals surface area contributed by atoms with Gasteiger partial charge in [-0.05, 0) is 62.7 Å². The molecule has 1 amide bonds. The van der Waals surface area contributed by atoms with Crippen molar-refractivity contribution in [1.82, 2.24) is 0 Å². The highest BCUT2D eigenvalue weighted by Crippen LogP contribution is 2.43. The van der Waals surface area contributed by atoms with E-state index in [9.17, 15) is 19.5 Å². The van der Waals surface area contributed by atoms with E-state index in [0.717, 1.165) is 5.56 Å². The van der Waals surface area contributed by atoms with E-state index in [2.05, 4.69) is 0 Å². The first-order valence-electron chi connectivity index (χ1n) is 11.5. The largest absolute Gasteiger partial charge is 0.507 e. The third-order valence-corrected chi connectivity index (χ3v) is 5.89. The van der Waals surface area contributed by atoms with Gasteiger partial charge in [-0.1, -0.05) is 42.0 Å². The molecule has 1 fully saturated rings. The number of anilines is 1. The van der Waals surface area contributed by atoms with Crippen molar-refractivity contribution in [2.75, 3.05) is 12.0 Å². The van der Waals surface area contributed by atoms with Crippen LogP contribution in [-0.4, -0.2) is 36.0 Å². The number of benzene rings is 3. The molecule has 7 nitrogen and oxygen atoms in total. The molecule has 3 aromatic carbocycles. The molecule has 1 atom stereocenters. The lowest BCUT2D eigenvalue weighted by atomic mass is 9.94. The van der Waals surface area contributed by atoms with Crippen LogP contribution >= 0.6 is 0 Å². The van der Waals surface area contributed by atoms with E-state index in [0.29, 0.717) is 28.1 Å². The number of amides is 1. The van der Waals surface area contributed by atoms with Gasteiger partial charge in [0.25, 0.3) is 11.7 Å². The van der Waals surface area contributed by atoms with Crippen molar-refractivity contribution in [2.45, 2.75) is 32.9 Å². The summed E-state index contributed by atoms with van der Waals surface area (Å²) in [5.74, 6) is -2.03. The summed E-state index contributed by atoms with van der Waals surface area (Å²) in [5.41, 5.74) is 2.59. The molecule has 4 rings (SSSR count). The average molecular weight is 486 g/mol. The summed E-state index contributed by atoms with van der Waals surface area (Å²) in [5, 5.41) is 11.3. The van der Waals surface area contributed by atoms with E-state index in [-0.39, 0.29) is 17.4 Å². The topological polar surface area (TPSA) is 93.1 Å². The molecule has 1 N–H and O–H groups in total. The fraction of sp³-hybridized carbons (Fsp3) is 0.207. The highest BCUT2D eigenvalue weighted by Gasteiger charge is 2.47. The highest BCUT2D eigenvalue weighted by atomic mass is 16.5. The zero-order chi connectivity index (χ0) is 26.0. The summed E-state index contributed by atoms with van der Waals surface area (Å²) >= 11 is 0. The standard InChI is InChI=1S/C29H27NO6/c1-17(2)36-29(34)19-12-14-21(15-13-19)30-25(20-9-7-8-18(3)16-20)24(27(32)28(30)33)26(31)22-10-5-6-11-23(22)35-4/h5-17,25,31H,1-4H3/b26-24+. The highest BCUT2D eigenvalue weighted by molar-refractivity contribution is 6.51. The van der Waals surface area contributed by atoms with Crippen LogP contribution in [0.15, 0.2) is 78.4 Å². The Morgan fingerprint density at radius 3 is 2.31 bits per heavy atom. The van der Waals surface area contributed by atoms with Gasteiger partial charge in [-0.25, -0.2) is 4.79 Å². The lowest BCUT2D eigenvalue weighted by molar-refractivity contribution is -0.132. The van der Waals surface area contributed by atoms with Crippen LogP contribution in [0.1, 0.15) is 46.9 Å². The molecular weight excluding hydrogens is 458 g/mol. The molecule has 1 aliphatic rings. The number of hydrogen-bond donors (Lipinski definition) is 1. The van der Waals surface area contributed by atoms with Gasteiger partial charge in [-0.3, -0.25) is 14.5 Å². The Morgan fingerprint density at radius 1 is 0.972 bits per heavy atom. The summed E-state index contributed by atoms with van der Waals surface area (Å²) in [6.45, 7) is 5.43. The zero-order valence-electron chi connectivity index (χ0n) is 20.5. The number of esters is 1.